The van der Waals surface area contributed by atoms with Crippen LogP contribution in [0.4, 0.5) is 14.9 Å². The molecule has 1 aliphatic heterocycles. The zero-order chi connectivity index (χ0) is 14.7. The van der Waals surface area contributed by atoms with Gasteiger partial charge in [-0.1, -0.05) is 12.1 Å². The molecule has 1 N–H and O–H groups in total. The molecule has 2 amide bonds. The van der Waals surface area contributed by atoms with E-state index in [1.807, 2.05) is 0 Å². The lowest BCUT2D eigenvalue weighted by Gasteiger charge is -2.29. The largest absolute Gasteiger partial charge is 0.480 e. The number of para-hydroxylation sites is 1. The number of hydrogen-bond acceptors (Lipinski definition) is 3. The fourth-order valence-corrected chi connectivity index (χ4v) is 3.21. The summed E-state index contributed by atoms with van der Waals surface area (Å²) < 4.78 is 13.8. The van der Waals surface area contributed by atoms with E-state index >= 15 is 0 Å². The van der Waals surface area contributed by atoms with Gasteiger partial charge in [-0.15, -0.1) is 11.8 Å². The van der Waals surface area contributed by atoms with Crippen LogP contribution in [0.1, 0.15) is 6.92 Å². The predicted octanol–water partition coefficient (Wildman–Crippen LogP) is 2.23. The summed E-state index contributed by atoms with van der Waals surface area (Å²) in [6, 6.07) is 4.64. The third kappa shape index (κ3) is 2.72. The Balaban J connectivity index is 2.26. The molecule has 1 heterocycles. The summed E-state index contributed by atoms with van der Waals surface area (Å²) in [6.45, 7) is 2.00. The Morgan fingerprint density at radius 3 is 2.80 bits per heavy atom. The van der Waals surface area contributed by atoms with E-state index in [-0.39, 0.29) is 12.2 Å². The molecule has 0 spiro atoms. The summed E-state index contributed by atoms with van der Waals surface area (Å²) in [5.41, 5.74) is 0.168. The van der Waals surface area contributed by atoms with E-state index in [4.69, 9.17) is 5.11 Å². The van der Waals surface area contributed by atoms with Gasteiger partial charge in [-0.05, 0) is 19.1 Å². The maximum atomic E-state index is 13.8. The number of anilines is 1. The van der Waals surface area contributed by atoms with Crippen LogP contribution in [-0.4, -0.2) is 46.2 Å². The Bertz CT molecular complexity index is 526. The van der Waals surface area contributed by atoms with Gasteiger partial charge in [0.05, 0.1) is 11.6 Å². The quantitative estimate of drug-likeness (QED) is 0.929. The predicted molar refractivity (Wildman–Crippen MR) is 75.4 cm³/mol. The highest BCUT2D eigenvalue weighted by Crippen LogP contribution is 2.26. The normalized spacial score (nSPS) is 18.1. The first kappa shape index (κ1) is 14.6. The Kier molecular flexibility index (Phi) is 4.49. The molecule has 0 radical (unpaired) electrons. The number of benzene rings is 1. The van der Waals surface area contributed by atoms with Crippen LogP contribution in [-0.2, 0) is 4.79 Å². The molecular weight excluding hydrogens is 283 g/mol. The molecular formula is C13H15FN2O3S. The average Bonchev–Trinajstić information content (AvgIpc) is 2.91. The van der Waals surface area contributed by atoms with Crippen molar-refractivity contribution in [1.82, 2.24) is 4.90 Å². The number of rotatable bonds is 3. The van der Waals surface area contributed by atoms with E-state index in [0.717, 1.165) is 0 Å². The number of thioether (sulfide) groups is 1. The number of carboxylic acid groups (broad SMARTS) is 1. The number of carbonyl (C=O) groups excluding carboxylic acids is 1. The average molecular weight is 298 g/mol. The van der Waals surface area contributed by atoms with Crippen LogP contribution in [0.5, 0.6) is 0 Å². The van der Waals surface area contributed by atoms with E-state index in [1.165, 1.54) is 33.7 Å². The molecule has 1 fully saturated rings. The minimum absolute atomic E-state index is 0.168. The topological polar surface area (TPSA) is 60.9 Å². The van der Waals surface area contributed by atoms with Gasteiger partial charge in [-0.25, -0.2) is 14.0 Å². The summed E-state index contributed by atoms with van der Waals surface area (Å²) in [5, 5.41) is 9.11. The zero-order valence-corrected chi connectivity index (χ0v) is 11.8. The lowest BCUT2D eigenvalue weighted by Crippen LogP contribution is -2.49. The van der Waals surface area contributed by atoms with E-state index in [2.05, 4.69) is 0 Å². The molecule has 0 bridgehead atoms. The maximum absolute atomic E-state index is 13.8. The second kappa shape index (κ2) is 6.13. The molecule has 108 valence electrons. The first-order valence-electron chi connectivity index (χ1n) is 6.19. The van der Waals surface area contributed by atoms with Crippen molar-refractivity contribution in [3.8, 4) is 0 Å². The van der Waals surface area contributed by atoms with Crippen LogP contribution in [0.2, 0.25) is 0 Å². The SMILES string of the molecule is CCN(C(=O)N1CSCC1C(=O)O)c1ccccc1F. The van der Waals surface area contributed by atoms with Crippen LogP contribution in [0.15, 0.2) is 24.3 Å². The summed E-state index contributed by atoms with van der Waals surface area (Å²) in [6.07, 6.45) is 0. The highest BCUT2D eigenvalue weighted by atomic mass is 32.2. The molecule has 1 aromatic carbocycles. The minimum atomic E-state index is -1.03. The highest BCUT2D eigenvalue weighted by molar-refractivity contribution is 7.99. The van der Waals surface area contributed by atoms with E-state index in [0.29, 0.717) is 11.6 Å². The van der Waals surface area contributed by atoms with E-state index < -0.39 is 23.9 Å². The maximum Gasteiger partial charge on any atom is 0.327 e. The number of carbonyl (C=O) groups is 2. The van der Waals surface area contributed by atoms with Gasteiger partial charge in [0.15, 0.2) is 0 Å². The number of halogens is 1. The van der Waals surface area contributed by atoms with Crippen molar-refractivity contribution in [3.63, 3.8) is 0 Å². The van der Waals surface area contributed by atoms with Crippen LogP contribution < -0.4 is 4.90 Å². The van der Waals surface area contributed by atoms with Crippen LogP contribution in [0.3, 0.4) is 0 Å². The van der Waals surface area contributed by atoms with Gasteiger partial charge in [0.2, 0.25) is 0 Å². The Hall–Kier alpha value is -1.76. The van der Waals surface area contributed by atoms with Gasteiger partial charge in [-0.2, -0.15) is 0 Å². The second-order valence-electron chi connectivity index (χ2n) is 4.30. The standard InChI is InChI=1S/C13H15FN2O3S/c1-2-15(10-6-4-3-5-9(10)14)13(19)16-8-20-7-11(16)12(17)18/h3-6,11H,2,7-8H2,1H3,(H,17,18). The molecule has 1 unspecified atom stereocenters. The zero-order valence-electron chi connectivity index (χ0n) is 11.0. The summed E-state index contributed by atoms with van der Waals surface area (Å²) in [4.78, 5) is 26.1. The third-order valence-corrected chi connectivity index (χ3v) is 4.12. The van der Waals surface area contributed by atoms with E-state index in [9.17, 15) is 14.0 Å². The molecule has 2 rings (SSSR count). The highest BCUT2D eigenvalue weighted by Gasteiger charge is 2.37. The van der Waals surface area contributed by atoms with Gasteiger partial charge >= 0.3 is 12.0 Å². The molecule has 1 aliphatic rings. The molecule has 1 saturated heterocycles. The molecule has 0 aliphatic carbocycles. The number of urea groups is 1. The number of carboxylic acids is 1. The fraction of sp³-hybridized carbons (Fsp3) is 0.385. The lowest BCUT2D eigenvalue weighted by molar-refractivity contribution is -0.140. The number of aliphatic carboxylic acids is 1. The lowest BCUT2D eigenvalue weighted by atomic mass is 10.2. The van der Waals surface area contributed by atoms with Crippen molar-refractivity contribution in [2.75, 3.05) is 23.1 Å². The van der Waals surface area contributed by atoms with Crippen molar-refractivity contribution < 1.29 is 19.1 Å². The van der Waals surface area contributed by atoms with Gasteiger partial charge in [0, 0.05) is 12.3 Å². The molecule has 7 heteroatoms. The molecule has 1 aromatic rings. The Morgan fingerprint density at radius 1 is 1.50 bits per heavy atom. The summed E-state index contributed by atoms with van der Waals surface area (Å²) >= 11 is 1.38. The van der Waals surface area contributed by atoms with Crippen molar-refractivity contribution in [3.05, 3.63) is 30.1 Å². The van der Waals surface area contributed by atoms with Gasteiger partial charge < -0.3 is 10.0 Å². The van der Waals surface area contributed by atoms with Gasteiger partial charge in [-0.3, -0.25) is 4.90 Å². The van der Waals surface area contributed by atoms with E-state index in [1.54, 1.807) is 19.1 Å². The Morgan fingerprint density at radius 2 is 2.20 bits per heavy atom. The molecule has 0 saturated carbocycles. The van der Waals surface area contributed by atoms with Crippen LogP contribution in [0, 0.1) is 5.82 Å². The Labute approximate surface area is 120 Å². The molecule has 0 aromatic heterocycles. The fourth-order valence-electron chi connectivity index (χ4n) is 2.07. The number of amides is 2. The molecule has 1 atom stereocenters. The second-order valence-corrected chi connectivity index (χ2v) is 5.30. The third-order valence-electron chi connectivity index (χ3n) is 3.10. The van der Waals surface area contributed by atoms with Crippen molar-refractivity contribution in [2.24, 2.45) is 0 Å². The number of nitrogens with zero attached hydrogens (tertiary/aromatic N) is 2. The van der Waals surface area contributed by atoms with Gasteiger partial charge in [0.1, 0.15) is 11.9 Å². The first-order chi connectivity index (χ1) is 9.56. The van der Waals surface area contributed by atoms with Crippen LogP contribution >= 0.6 is 11.8 Å². The number of hydrogen-bond donors (Lipinski definition) is 1. The first-order valence-corrected chi connectivity index (χ1v) is 7.35. The van der Waals surface area contributed by atoms with Crippen molar-refractivity contribution in [2.45, 2.75) is 13.0 Å². The van der Waals surface area contributed by atoms with Crippen molar-refractivity contribution in [1.29, 1.82) is 0 Å². The van der Waals surface area contributed by atoms with Crippen molar-refractivity contribution >= 4 is 29.4 Å². The minimum Gasteiger partial charge on any atom is -0.480 e. The summed E-state index contributed by atoms with van der Waals surface area (Å²) in [5.74, 6) is -0.870. The summed E-state index contributed by atoms with van der Waals surface area (Å²) in [7, 11) is 0. The smallest absolute Gasteiger partial charge is 0.327 e. The molecule has 5 nitrogen and oxygen atoms in total. The van der Waals surface area contributed by atoms with Gasteiger partial charge in [0.25, 0.3) is 0 Å². The molecule has 20 heavy (non-hydrogen) atoms. The van der Waals surface area contributed by atoms with Crippen LogP contribution in [0.25, 0.3) is 0 Å². The monoisotopic (exact) mass is 298 g/mol.